The zero-order chi connectivity index (χ0) is 53.0. The number of rotatable bonds is 21. The Labute approximate surface area is 447 Å². The molecule has 12 nitrogen and oxygen atoms in total. The highest BCUT2D eigenvalue weighted by molar-refractivity contribution is 6.99. The lowest BCUT2D eigenvalue weighted by Crippen LogP contribution is -2.68. The fourth-order valence-electron chi connectivity index (χ4n) is 16.2. The van der Waals surface area contributed by atoms with Gasteiger partial charge in [-0.15, -0.1) is 0 Å². The minimum atomic E-state index is -2.63. The van der Waals surface area contributed by atoms with Gasteiger partial charge in [-0.3, -0.25) is 14.4 Å². The first-order valence-corrected chi connectivity index (χ1v) is 30.9. The fraction of sp³-hybridized carbons (Fsp3) is 0.705. The largest absolute Gasteiger partial charge is 0.404 e. The van der Waals surface area contributed by atoms with Crippen LogP contribution in [0, 0.1) is 46.3 Å². The molecule has 408 valence electrons. The normalized spacial score (nSPS) is 29.9. The van der Waals surface area contributed by atoms with Gasteiger partial charge in [-0.1, -0.05) is 102 Å². The van der Waals surface area contributed by atoms with E-state index in [1.165, 1.54) is 61.7 Å². The van der Waals surface area contributed by atoms with Crippen LogP contribution in [-0.4, -0.2) is 141 Å². The molecule has 1 aromatic heterocycles. The monoisotopic (exact) mass is 1030 g/mol. The lowest BCUT2D eigenvalue weighted by atomic mass is 9.44. The molecule has 74 heavy (non-hydrogen) atoms. The minimum absolute atomic E-state index is 0.0158. The van der Waals surface area contributed by atoms with Gasteiger partial charge in [0.1, 0.15) is 6.04 Å². The fourth-order valence-corrected chi connectivity index (χ4v) is 20.9. The van der Waals surface area contributed by atoms with Gasteiger partial charge in [-0.2, -0.15) is 0 Å². The predicted molar refractivity (Wildman–Crippen MR) is 301 cm³/mol. The third-order valence-electron chi connectivity index (χ3n) is 19.9. The van der Waals surface area contributed by atoms with Crippen LogP contribution in [0.1, 0.15) is 137 Å². The molecular weight excluding hydrogens is 937 g/mol. The molecule has 8 rings (SSSR count). The molecule has 13 heteroatoms. The number of nitrogens with zero attached hydrogens (tertiary/aromatic N) is 5. The molecule has 0 radical (unpaired) electrons. The average molecular weight is 1030 g/mol. The zero-order valence-corrected chi connectivity index (χ0v) is 48.3. The van der Waals surface area contributed by atoms with Crippen LogP contribution in [-0.2, 0) is 25.2 Å². The Morgan fingerprint density at radius 3 is 2.05 bits per heavy atom. The Bertz CT molecular complexity index is 2240. The number of aromatic amines is 1. The molecule has 5 unspecified atom stereocenters. The quantitative estimate of drug-likeness (QED) is 0.0911. The van der Waals surface area contributed by atoms with Crippen LogP contribution in [0.4, 0.5) is 0 Å². The summed E-state index contributed by atoms with van der Waals surface area (Å²) in [6.45, 7) is 18.2. The molecule has 2 heterocycles. The van der Waals surface area contributed by atoms with Crippen molar-refractivity contribution in [2.45, 2.75) is 167 Å². The number of amides is 3. The summed E-state index contributed by atoms with van der Waals surface area (Å²) in [6.07, 6.45) is 18.6. The van der Waals surface area contributed by atoms with Gasteiger partial charge >= 0.3 is 0 Å². The summed E-state index contributed by atoms with van der Waals surface area (Å²) in [5.74, 6) is 3.71. The van der Waals surface area contributed by atoms with Crippen LogP contribution in [0.3, 0.4) is 0 Å². The van der Waals surface area contributed by atoms with Gasteiger partial charge in [-0.25, -0.2) is 4.98 Å². The minimum Gasteiger partial charge on any atom is -0.404 e. The Morgan fingerprint density at radius 2 is 1.46 bits per heavy atom. The number of H-pyrrole nitrogens is 1. The molecule has 1 aliphatic heterocycles. The number of carbonyl (C=O) groups excluding carboxylic acids is 3. The summed E-state index contributed by atoms with van der Waals surface area (Å²) in [5, 5.41) is 6.06. The maximum atomic E-state index is 14.6. The van der Waals surface area contributed by atoms with Crippen LogP contribution in [0.2, 0.25) is 5.04 Å². The molecule has 0 spiro atoms. The number of carbonyl (C=O) groups is 3. The lowest BCUT2D eigenvalue weighted by Gasteiger charge is -2.62. The molecule has 5 aliphatic rings. The molecule has 0 bridgehead atoms. The van der Waals surface area contributed by atoms with Crippen molar-refractivity contribution >= 4 is 36.4 Å². The first-order chi connectivity index (χ1) is 35.2. The number of nitrogens with two attached hydrogens (primary N) is 1. The first kappa shape index (κ1) is 56.3. The summed E-state index contributed by atoms with van der Waals surface area (Å²) in [4.78, 5) is 57.8. The molecule has 3 amide bonds. The summed E-state index contributed by atoms with van der Waals surface area (Å²) < 4.78 is 7.81. The van der Waals surface area contributed by atoms with Crippen molar-refractivity contribution in [1.29, 1.82) is 0 Å². The van der Waals surface area contributed by atoms with Crippen molar-refractivity contribution in [1.82, 2.24) is 34.9 Å². The number of benzene rings is 2. The Balaban J connectivity index is 0.886. The molecular formula is C61H96N8O4Si. The number of imidazole rings is 1. The van der Waals surface area contributed by atoms with Gasteiger partial charge in [-0.05, 0) is 187 Å². The van der Waals surface area contributed by atoms with E-state index in [4.69, 9.17) is 10.2 Å². The van der Waals surface area contributed by atoms with Gasteiger partial charge in [0, 0.05) is 56.5 Å². The number of aromatic nitrogens is 2. The van der Waals surface area contributed by atoms with E-state index in [1.54, 1.807) is 17.4 Å². The summed E-state index contributed by atoms with van der Waals surface area (Å²) in [5.41, 5.74) is 7.99. The van der Waals surface area contributed by atoms with Gasteiger partial charge < -0.3 is 40.1 Å². The third-order valence-corrected chi connectivity index (χ3v) is 25.0. The van der Waals surface area contributed by atoms with Crippen LogP contribution in [0.15, 0.2) is 73.2 Å². The number of hydrogen-bond donors (Lipinski definition) is 3. The van der Waals surface area contributed by atoms with Gasteiger partial charge in [0.25, 0.3) is 8.32 Å². The second-order valence-corrected chi connectivity index (χ2v) is 30.4. The lowest BCUT2D eigenvalue weighted by molar-refractivity contribution is -0.144. The van der Waals surface area contributed by atoms with Crippen molar-refractivity contribution in [3.63, 3.8) is 0 Å². The van der Waals surface area contributed by atoms with E-state index in [1.807, 2.05) is 33.1 Å². The highest BCUT2D eigenvalue weighted by Gasteiger charge is 2.61. The van der Waals surface area contributed by atoms with E-state index in [2.05, 4.69) is 127 Å². The second-order valence-electron chi connectivity index (χ2n) is 26.1. The number of nitrogens with one attached hydrogen (secondary N) is 2. The Morgan fingerprint density at radius 1 is 0.838 bits per heavy atom. The predicted octanol–water partition coefficient (Wildman–Crippen LogP) is 8.12. The van der Waals surface area contributed by atoms with Crippen molar-refractivity contribution in [2.75, 3.05) is 60.9 Å². The summed E-state index contributed by atoms with van der Waals surface area (Å²) in [6, 6.07) is 20.6. The van der Waals surface area contributed by atoms with E-state index in [-0.39, 0.29) is 41.5 Å². The standard InChI is InChI=1S/C61H96N8O4Si/c1-43(23-28-56(70)65-46-39-55(69(41-46)57(71)54(62)38-45-40-63-42-64-45)58(72)68(35-17-33-66(7)8)36-18-34-67(9)10)51-26-27-52-50-25-24-44-37-47(29-31-60(44,5)53(50)30-32-61(51,52)6)73-74(59(2,3)4,48-19-13-11-14-20-48)49-21-15-12-16-22-49/h11-16,19-22,40,42-44,46-47,50-55H,17-18,23-39,41,62H2,1-10H3,(H,63,64)(H,65,70)/t43-,44?,46+,47+,50?,51-,52?,53?,54?,55+,60+,61-/m1/s1. The van der Waals surface area contributed by atoms with Crippen molar-refractivity contribution in [3.05, 3.63) is 78.9 Å². The van der Waals surface area contributed by atoms with Crippen molar-refractivity contribution in [3.8, 4) is 0 Å². The maximum absolute atomic E-state index is 14.6. The van der Waals surface area contributed by atoms with Gasteiger partial charge in [0.2, 0.25) is 17.7 Å². The maximum Gasteiger partial charge on any atom is 0.261 e. The van der Waals surface area contributed by atoms with E-state index in [0.717, 1.165) is 62.2 Å². The van der Waals surface area contributed by atoms with Crippen molar-refractivity contribution < 1.29 is 18.8 Å². The topological polar surface area (TPSA) is 140 Å². The van der Waals surface area contributed by atoms with E-state index in [0.29, 0.717) is 60.9 Å². The first-order valence-electron chi connectivity index (χ1n) is 28.9. The van der Waals surface area contributed by atoms with Crippen LogP contribution < -0.4 is 21.4 Å². The summed E-state index contributed by atoms with van der Waals surface area (Å²) in [7, 11) is 5.55. The van der Waals surface area contributed by atoms with E-state index >= 15 is 0 Å². The molecule has 1 saturated heterocycles. The Kier molecular flexibility index (Phi) is 18.1. The number of fused-ring (bicyclic) bond motifs is 5. The number of hydrogen-bond acceptors (Lipinski definition) is 8. The molecule has 4 N–H and O–H groups in total. The second kappa shape index (κ2) is 23.8. The van der Waals surface area contributed by atoms with Crippen molar-refractivity contribution in [2.24, 2.45) is 52.1 Å². The van der Waals surface area contributed by atoms with E-state index in [9.17, 15) is 14.4 Å². The summed E-state index contributed by atoms with van der Waals surface area (Å²) >= 11 is 0. The SMILES string of the molecule is C[C@H](CCC(=O)N[C@H]1C[C@@H](C(=O)N(CCCN(C)C)CCCN(C)C)N(C(=O)C(N)Cc2cnc[nH]2)C1)[C@H]1CCC2C3CCC4C[C@@H](O[Si](c5ccccc5)(c5ccccc5)C(C)(C)C)CC[C@]4(C)C3CC[C@@]21C. The third kappa shape index (κ3) is 12.0. The molecule has 3 aromatic rings. The zero-order valence-electron chi connectivity index (χ0n) is 47.3. The Hall–Kier alpha value is -3.88. The molecule has 4 saturated carbocycles. The van der Waals surface area contributed by atoms with Gasteiger partial charge in [0.15, 0.2) is 0 Å². The smallest absolute Gasteiger partial charge is 0.261 e. The molecule has 4 aliphatic carbocycles. The van der Waals surface area contributed by atoms with Gasteiger partial charge in [0.05, 0.1) is 12.4 Å². The van der Waals surface area contributed by atoms with Crippen LogP contribution >= 0.6 is 0 Å². The molecule has 12 atom stereocenters. The van der Waals surface area contributed by atoms with Crippen LogP contribution in [0.25, 0.3) is 0 Å². The number of likely N-dealkylation sites (tertiary alicyclic amines) is 1. The highest BCUT2D eigenvalue weighted by atomic mass is 28.4. The average Bonchev–Trinajstić information content (AvgIpc) is 4.14. The van der Waals surface area contributed by atoms with Crippen LogP contribution in [0.5, 0.6) is 0 Å². The van der Waals surface area contributed by atoms with E-state index < -0.39 is 20.4 Å². The molecule has 5 fully saturated rings. The highest BCUT2D eigenvalue weighted by Crippen LogP contribution is 2.68. The molecule has 2 aromatic carbocycles.